The van der Waals surface area contributed by atoms with Crippen LogP contribution in [0.15, 0.2) is 42.6 Å². The number of amides is 2. The average molecular weight is 613 g/mol. The van der Waals surface area contributed by atoms with E-state index in [1.54, 1.807) is 0 Å². The summed E-state index contributed by atoms with van der Waals surface area (Å²) in [5, 5.41) is 6.35. The number of ether oxygens (including phenoxy) is 1. The van der Waals surface area contributed by atoms with Gasteiger partial charge in [0.1, 0.15) is 16.4 Å². The van der Waals surface area contributed by atoms with Crippen LogP contribution in [0.5, 0.6) is 0 Å². The fraction of sp³-hybridized carbons (Fsp3) is 0.467. The molecule has 42 heavy (non-hydrogen) atoms. The lowest BCUT2D eigenvalue weighted by Gasteiger charge is -2.34. The summed E-state index contributed by atoms with van der Waals surface area (Å²) < 4.78 is 6.09. The fourth-order valence-corrected chi connectivity index (χ4v) is 6.40. The third-order valence-corrected chi connectivity index (χ3v) is 9.32. The molecule has 222 valence electrons. The van der Waals surface area contributed by atoms with Gasteiger partial charge in [-0.25, -0.2) is 9.97 Å². The van der Waals surface area contributed by atoms with Gasteiger partial charge in [-0.2, -0.15) is 0 Å². The minimum Gasteiger partial charge on any atom is -0.370 e. The van der Waals surface area contributed by atoms with E-state index in [4.69, 9.17) is 32.9 Å². The summed E-state index contributed by atoms with van der Waals surface area (Å²) in [6, 6.07) is 11.1. The lowest BCUT2D eigenvalue weighted by molar-refractivity contribution is -0.128. The second-order valence-electron chi connectivity index (χ2n) is 11.6. The number of aromatic amines is 1. The maximum Gasteiger partial charge on any atom is 0.268 e. The van der Waals surface area contributed by atoms with Gasteiger partial charge in [-0.1, -0.05) is 53.5 Å². The van der Waals surface area contributed by atoms with Crippen LogP contribution in [0.1, 0.15) is 71.5 Å². The van der Waals surface area contributed by atoms with Crippen LogP contribution >= 0.6 is 23.2 Å². The molecular weight excluding hydrogens is 577 g/mol. The van der Waals surface area contributed by atoms with E-state index in [-0.39, 0.29) is 40.9 Å². The molecule has 3 N–H and O–H groups in total. The van der Waals surface area contributed by atoms with E-state index in [0.717, 1.165) is 55.8 Å². The summed E-state index contributed by atoms with van der Waals surface area (Å²) in [6.07, 6.45) is 4.07. The summed E-state index contributed by atoms with van der Waals surface area (Å²) in [6.45, 7) is 5.70. The van der Waals surface area contributed by atoms with Crippen LogP contribution < -0.4 is 10.6 Å². The molecule has 2 amide bonds. The summed E-state index contributed by atoms with van der Waals surface area (Å²) in [5.74, 6) is -0.343. The predicted molar refractivity (Wildman–Crippen MR) is 159 cm³/mol. The molecule has 0 saturated carbocycles. The summed E-state index contributed by atoms with van der Waals surface area (Å²) in [4.78, 5) is 44.3. The Bertz CT molecular complexity index is 1440. The quantitative estimate of drug-likeness (QED) is 0.369. The topological polar surface area (TPSA) is 115 Å². The molecule has 2 fully saturated rings. The van der Waals surface area contributed by atoms with E-state index in [0.29, 0.717) is 11.9 Å². The van der Waals surface area contributed by atoms with Crippen molar-refractivity contribution in [1.29, 1.82) is 0 Å². The Hall–Kier alpha value is -3.02. The van der Waals surface area contributed by atoms with E-state index in [1.165, 1.54) is 6.07 Å². The number of rotatable bonds is 7. The standard InChI is InChI=1S/C30H35Cl2N7O3/c1-18(27-33-14-20-15-39(16-24(20)36-27)21-8-10-38(2)11-9-21)34-29(41)30(37-28(40)23-12-22(31)26(32)35-23)13-25(42-17-30)19-6-4-3-5-7-19/h3-7,12,14,18,21,25,35H,8-11,13,15-17H2,1-2H3,(H,34,41)(H,37,40)/t18-,25-,30+/m0/s1. The van der Waals surface area contributed by atoms with Gasteiger partial charge in [0.05, 0.1) is 29.5 Å². The average Bonchev–Trinajstić information content (AvgIpc) is 3.71. The molecule has 0 aliphatic carbocycles. The Morgan fingerprint density at radius 1 is 1.17 bits per heavy atom. The number of nitrogens with one attached hydrogen (secondary N) is 3. The number of hydrogen-bond acceptors (Lipinski definition) is 7. The first-order valence-electron chi connectivity index (χ1n) is 14.3. The second-order valence-corrected chi connectivity index (χ2v) is 12.4. The van der Waals surface area contributed by atoms with Gasteiger partial charge in [-0.15, -0.1) is 0 Å². The zero-order chi connectivity index (χ0) is 29.4. The van der Waals surface area contributed by atoms with Crippen molar-refractivity contribution in [3.8, 4) is 0 Å². The Kier molecular flexibility index (Phi) is 8.26. The maximum atomic E-state index is 13.9. The molecule has 3 aromatic rings. The molecule has 0 bridgehead atoms. The van der Waals surface area contributed by atoms with Crippen LogP contribution in [-0.4, -0.2) is 74.9 Å². The Morgan fingerprint density at radius 3 is 2.64 bits per heavy atom. The first-order valence-corrected chi connectivity index (χ1v) is 15.1. The molecule has 2 aromatic heterocycles. The molecule has 3 aliphatic heterocycles. The van der Waals surface area contributed by atoms with Gasteiger partial charge in [0.15, 0.2) is 5.82 Å². The van der Waals surface area contributed by atoms with Crippen LogP contribution in [-0.2, 0) is 22.6 Å². The number of carbonyl (C=O) groups is 2. The minimum atomic E-state index is -1.34. The summed E-state index contributed by atoms with van der Waals surface area (Å²) >= 11 is 12.1. The molecular formula is C30H35Cl2N7O3. The minimum absolute atomic E-state index is 0.00436. The molecule has 5 heterocycles. The van der Waals surface area contributed by atoms with Crippen molar-refractivity contribution >= 4 is 35.0 Å². The molecule has 2 saturated heterocycles. The molecule has 0 spiro atoms. The highest BCUT2D eigenvalue weighted by molar-refractivity contribution is 6.41. The maximum absolute atomic E-state index is 13.9. The van der Waals surface area contributed by atoms with Gasteiger partial charge >= 0.3 is 0 Å². The Morgan fingerprint density at radius 2 is 1.93 bits per heavy atom. The zero-order valence-corrected chi connectivity index (χ0v) is 25.2. The number of halogens is 2. The van der Waals surface area contributed by atoms with Crippen LogP contribution in [0.3, 0.4) is 0 Å². The first-order chi connectivity index (χ1) is 20.2. The first kappa shape index (κ1) is 29.1. The Balaban J connectivity index is 1.18. The van der Waals surface area contributed by atoms with E-state index in [1.807, 2.05) is 43.5 Å². The van der Waals surface area contributed by atoms with Crippen molar-refractivity contribution in [2.24, 2.45) is 0 Å². The van der Waals surface area contributed by atoms with Crippen molar-refractivity contribution in [3.05, 3.63) is 81.1 Å². The van der Waals surface area contributed by atoms with Crippen LogP contribution in [0.25, 0.3) is 0 Å². The predicted octanol–water partition coefficient (Wildman–Crippen LogP) is 4.03. The van der Waals surface area contributed by atoms with Crippen LogP contribution in [0.4, 0.5) is 0 Å². The van der Waals surface area contributed by atoms with E-state index in [9.17, 15) is 9.59 Å². The highest BCUT2D eigenvalue weighted by Gasteiger charge is 2.49. The normalized spacial score (nSPS) is 24.0. The zero-order valence-electron chi connectivity index (χ0n) is 23.7. The highest BCUT2D eigenvalue weighted by atomic mass is 35.5. The number of benzene rings is 1. The van der Waals surface area contributed by atoms with E-state index >= 15 is 0 Å². The van der Waals surface area contributed by atoms with Crippen molar-refractivity contribution in [2.75, 3.05) is 26.7 Å². The van der Waals surface area contributed by atoms with E-state index < -0.39 is 17.5 Å². The third-order valence-electron chi connectivity index (χ3n) is 8.63. The van der Waals surface area contributed by atoms with Gasteiger partial charge in [0.2, 0.25) is 5.91 Å². The van der Waals surface area contributed by atoms with Crippen molar-refractivity contribution in [1.82, 2.24) is 35.4 Å². The molecule has 3 aliphatic rings. The van der Waals surface area contributed by atoms with Crippen molar-refractivity contribution in [3.63, 3.8) is 0 Å². The largest absolute Gasteiger partial charge is 0.370 e. The molecule has 10 nitrogen and oxygen atoms in total. The van der Waals surface area contributed by atoms with Gasteiger partial charge in [0.25, 0.3) is 5.91 Å². The summed E-state index contributed by atoms with van der Waals surface area (Å²) in [5.41, 5.74) is 1.90. The third kappa shape index (κ3) is 5.91. The number of aromatic nitrogens is 3. The monoisotopic (exact) mass is 611 g/mol. The molecule has 3 atom stereocenters. The fourth-order valence-electron chi connectivity index (χ4n) is 6.09. The van der Waals surface area contributed by atoms with Gasteiger partial charge in [-0.3, -0.25) is 14.5 Å². The molecule has 12 heteroatoms. The lowest BCUT2D eigenvalue weighted by atomic mass is 9.91. The number of nitrogens with zero attached hydrogens (tertiary/aromatic N) is 4. The van der Waals surface area contributed by atoms with Crippen LogP contribution in [0, 0.1) is 0 Å². The van der Waals surface area contributed by atoms with Gasteiger partial charge in [0, 0.05) is 37.3 Å². The molecule has 0 unspecified atom stereocenters. The lowest BCUT2D eigenvalue weighted by Crippen LogP contribution is -2.59. The molecule has 1 aromatic carbocycles. The number of H-pyrrole nitrogens is 1. The Labute approximate surface area is 255 Å². The number of piperidine rings is 1. The van der Waals surface area contributed by atoms with Crippen LogP contribution in [0.2, 0.25) is 10.2 Å². The molecule has 6 rings (SSSR count). The van der Waals surface area contributed by atoms with Gasteiger partial charge < -0.3 is 25.3 Å². The summed E-state index contributed by atoms with van der Waals surface area (Å²) in [7, 11) is 2.17. The SMILES string of the molecule is C[C@H](NC(=O)[C@]1(NC(=O)c2cc(Cl)c(Cl)[nH]2)CO[C@H](c2ccccc2)C1)c1ncc2c(n1)CN(C1CCN(C)CC1)C2. The van der Waals surface area contributed by atoms with Gasteiger partial charge in [-0.05, 0) is 51.5 Å². The number of hydrogen-bond donors (Lipinski definition) is 3. The number of likely N-dealkylation sites (tertiary alicyclic amines) is 1. The highest BCUT2D eigenvalue weighted by Crippen LogP contribution is 2.36. The van der Waals surface area contributed by atoms with Crippen molar-refractivity contribution in [2.45, 2.75) is 63.0 Å². The number of fused-ring (bicyclic) bond motifs is 1. The smallest absolute Gasteiger partial charge is 0.268 e. The van der Waals surface area contributed by atoms with E-state index in [2.05, 4.69) is 37.4 Å². The molecule has 0 radical (unpaired) electrons. The second kappa shape index (κ2) is 11.9. The van der Waals surface area contributed by atoms with Crippen molar-refractivity contribution < 1.29 is 14.3 Å². The number of carbonyl (C=O) groups excluding carboxylic acids is 2.